The van der Waals surface area contributed by atoms with E-state index in [1.54, 1.807) is 0 Å². The predicted molar refractivity (Wildman–Crippen MR) is 130 cm³/mol. The van der Waals surface area contributed by atoms with E-state index < -0.39 is 0 Å². The van der Waals surface area contributed by atoms with Crippen molar-refractivity contribution in [2.75, 3.05) is 13.1 Å². The molecule has 0 radical (unpaired) electrons. The number of hydrogen-bond acceptors (Lipinski definition) is 1. The van der Waals surface area contributed by atoms with Crippen molar-refractivity contribution in [3.8, 4) is 0 Å². The molecule has 170 valence electrons. The number of unbranched alkanes of at least 4 members (excludes halogenated alkanes) is 13. The van der Waals surface area contributed by atoms with Gasteiger partial charge in [0.1, 0.15) is 0 Å². The van der Waals surface area contributed by atoms with E-state index in [0.717, 1.165) is 5.92 Å². The summed E-state index contributed by atoms with van der Waals surface area (Å²) >= 11 is 0. The third-order valence-electron chi connectivity index (χ3n) is 7.14. The average Bonchev–Trinajstić information content (AvgIpc) is 2.68. The molecule has 0 rings (SSSR count). The summed E-state index contributed by atoms with van der Waals surface area (Å²) in [5.41, 5.74) is 0.355. The van der Waals surface area contributed by atoms with Gasteiger partial charge in [-0.25, -0.2) is 0 Å². The maximum atomic E-state index is 2.71. The second-order valence-corrected chi connectivity index (χ2v) is 9.70. The second kappa shape index (κ2) is 19.0. The largest absolute Gasteiger partial charge is 0.298 e. The van der Waals surface area contributed by atoms with Crippen LogP contribution >= 0.6 is 0 Å². The lowest BCUT2D eigenvalue weighted by Crippen LogP contribution is -2.49. The van der Waals surface area contributed by atoms with Crippen molar-refractivity contribution in [2.24, 2.45) is 5.92 Å². The highest BCUT2D eigenvalue weighted by molar-refractivity contribution is 4.88. The number of hydrogen-bond donors (Lipinski definition) is 0. The van der Waals surface area contributed by atoms with Crippen molar-refractivity contribution in [3.63, 3.8) is 0 Å². The van der Waals surface area contributed by atoms with E-state index in [1.807, 2.05) is 0 Å². The molecule has 28 heavy (non-hydrogen) atoms. The smallest absolute Gasteiger partial charge is 0.0181 e. The van der Waals surface area contributed by atoms with E-state index in [4.69, 9.17) is 0 Å². The maximum absolute atomic E-state index is 2.71. The first-order chi connectivity index (χ1) is 13.5. The monoisotopic (exact) mass is 395 g/mol. The van der Waals surface area contributed by atoms with Crippen molar-refractivity contribution >= 4 is 0 Å². The molecule has 0 aromatic carbocycles. The molecular weight excluding hydrogens is 338 g/mol. The second-order valence-electron chi connectivity index (χ2n) is 9.70. The van der Waals surface area contributed by atoms with E-state index in [9.17, 15) is 0 Å². The summed E-state index contributed by atoms with van der Waals surface area (Å²) in [6, 6.07) is 0. The molecule has 1 heteroatoms. The minimum absolute atomic E-state index is 0.355. The lowest BCUT2D eigenvalue weighted by molar-refractivity contribution is 0.0602. The van der Waals surface area contributed by atoms with Crippen LogP contribution in [0.15, 0.2) is 0 Å². The van der Waals surface area contributed by atoms with Crippen LogP contribution in [0, 0.1) is 5.92 Å². The first-order valence-electron chi connectivity index (χ1n) is 13.3. The van der Waals surface area contributed by atoms with Crippen LogP contribution in [0.3, 0.4) is 0 Å². The lowest BCUT2D eigenvalue weighted by Gasteiger charge is -2.44. The van der Waals surface area contributed by atoms with E-state index in [1.165, 1.54) is 122 Å². The Labute approximate surface area is 180 Å². The van der Waals surface area contributed by atoms with Crippen LogP contribution in [0.5, 0.6) is 0 Å². The maximum Gasteiger partial charge on any atom is 0.0181 e. The summed E-state index contributed by atoms with van der Waals surface area (Å²) in [7, 11) is 0. The van der Waals surface area contributed by atoms with Crippen molar-refractivity contribution < 1.29 is 0 Å². The van der Waals surface area contributed by atoms with Crippen LogP contribution in [0.2, 0.25) is 0 Å². The van der Waals surface area contributed by atoms with Crippen LogP contribution in [0.4, 0.5) is 0 Å². The van der Waals surface area contributed by atoms with Gasteiger partial charge in [0.2, 0.25) is 0 Å². The molecule has 0 fully saturated rings. The average molecular weight is 396 g/mol. The Kier molecular flexibility index (Phi) is 18.9. The molecule has 0 heterocycles. The van der Waals surface area contributed by atoms with Gasteiger partial charge in [0.25, 0.3) is 0 Å². The summed E-state index contributed by atoms with van der Waals surface area (Å²) in [5.74, 6) is 0.864. The molecule has 0 aromatic rings. The van der Waals surface area contributed by atoms with Crippen LogP contribution in [0.25, 0.3) is 0 Å². The quantitative estimate of drug-likeness (QED) is 0.175. The Bertz CT molecular complexity index is 305. The van der Waals surface area contributed by atoms with E-state index in [-0.39, 0.29) is 0 Å². The molecule has 0 amide bonds. The fourth-order valence-electron chi connectivity index (χ4n) is 5.02. The SMILES string of the molecule is CCCCCCCCCCCCC(CCCCCCC)C(C)(C)N(CC)CC. The van der Waals surface area contributed by atoms with Crippen LogP contribution < -0.4 is 0 Å². The molecule has 0 saturated carbocycles. The molecule has 0 aliphatic carbocycles. The summed E-state index contributed by atoms with van der Waals surface area (Å²) in [6.45, 7) is 16.7. The third kappa shape index (κ3) is 13.2. The highest BCUT2D eigenvalue weighted by Crippen LogP contribution is 2.33. The van der Waals surface area contributed by atoms with Crippen molar-refractivity contribution in [1.82, 2.24) is 4.90 Å². The first kappa shape index (κ1) is 28.0. The summed E-state index contributed by atoms with van der Waals surface area (Å²) in [6.07, 6.45) is 24.4. The molecule has 0 N–H and O–H groups in total. The highest BCUT2D eigenvalue weighted by atomic mass is 15.2. The molecule has 1 nitrogen and oxygen atoms in total. The van der Waals surface area contributed by atoms with Crippen molar-refractivity contribution in [3.05, 3.63) is 0 Å². The van der Waals surface area contributed by atoms with Gasteiger partial charge >= 0.3 is 0 Å². The Balaban J connectivity index is 4.19. The lowest BCUT2D eigenvalue weighted by atomic mass is 9.78. The predicted octanol–water partition coefficient (Wildman–Crippen LogP) is 9.39. The molecule has 0 aliphatic heterocycles. The number of nitrogens with zero attached hydrogens (tertiary/aromatic N) is 1. The minimum atomic E-state index is 0.355. The Morgan fingerprint density at radius 1 is 0.500 bits per heavy atom. The van der Waals surface area contributed by atoms with Crippen LogP contribution in [-0.4, -0.2) is 23.5 Å². The molecule has 0 spiro atoms. The molecule has 1 atom stereocenters. The van der Waals surface area contributed by atoms with Gasteiger partial charge in [0.15, 0.2) is 0 Å². The Morgan fingerprint density at radius 2 is 0.821 bits per heavy atom. The van der Waals surface area contributed by atoms with Gasteiger partial charge in [-0.2, -0.15) is 0 Å². The van der Waals surface area contributed by atoms with E-state index in [2.05, 4.69) is 46.4 Å². The fourth-order valence-corrected chi connectivity index (χ4v) is 5.02. The minimum Gasteiger partial charge on any atom is -0.298 e. The van der Waals surface area contributed by atoms with Gasteiger partial charge in [-0.3, -0.25) is 4.90 Å². The number of rotatable bonds is 21. The fraction of sp³-hybridized carbons (Fsp3) is 1.00. The Hall–Kier alpha value is -0.0400. The van der Waals surface area contributed by atoms with Crippen LogP contribution in [-0.2, 0) is 0 Å². The van der Waals surface area contributed by atoms with Crippen molar-refractivity contribution in [2.45, 2.75) is 156 Å². The van der Waals surface area contributed by atoms with E-state index in [0.29, 0.717) is 5.54 Å². The molecule has 0 bridgehead atoms. The molecule has 0 aromatic heterocycles. The summed E-state index contributed by atoms with van der Waals surface area (Å²) in [4.78, 5) is 2.71. The molecular formula is C27H57N. The molecule has 0 saturated heterocycles. The van der Waals surface area contributed by atoms with Crippen molar-refractivity contribution in [1.29, 1.82) is 0 Å². The zero-order chi connectivity index (χ0) is 21.1. The summed E-state index contributed by atoms with van der Waals surface area (Å²) < 4.78 is 0. The topological polar surface area (TPSA) is 3.24 Å². The van der Waals surface area contributed by atoms with Gasteiger partial charge < -0.3 is 0 Å². The van der Waals surface area contributed by atoms with Gasteiger partial charge in [0.05, 0.1) is 0 Å². The van der Waals surface area contributed by atoms with Gasteiger partial charge in [-0.1, -0.05) is 124 Å². The summed E-state index contributed by atoms with van der Waals surface area (Å²) in [5, 5.41) is 0. The van der Waals surface area contributed by atoms with Crippen LogP contribution in [0.1, 0.15) is 151 Å². The zero-order valence-electron chi connectivity index (χ0n) is 21.0. The Morgan fingerprint density at radius 3 is 1.14 bits per heavy atom. The molecule has 0 aliphatic rings. The standard InChI is InChI=1S/C27H57N/c1-7-11-13-15-16-17-18-19-21-23-25-26(24-22-20-14-12-8-2)27(5,6)28(9-3)10-4/h26H,7-25H2,1-6H3. The zero-order valence-corrected chi connectivity index (χ0v) is 21.0. The normalized spacial score (nSPS) is 13.4. The van der Waals surface area contributed by atoms with Gasteiger partial charge in [-0.15, -0.1) is 0 Å². The third-order valence-corrected chi connectivity index (χ3v) is 7.14. The highest BCUT2D eigenvalue weighted by Gasteiger charge is 2.32. The van der Waals surface area contributed by atoms with E-state index >= 15 is 0 Å². The molecule has 1 unspecified atom stereocenters. The first-order valence-corrected chi connectivity index (χ1v) is 13.3. The van der Waals surface area contributed by atoms with Gasteiger partial charge in [-0.05, 0) is 45.7 Å². The van der Waals surface area contributed by atoms with Gasteiger partial charge in [0, 0.05) is 5.54 Å².